The van der Waals surface area contributed by atoms with Gasteiger partial charge in [0.2, 0.25) is 0 Å². The van der Waals surface area contributed by atoms with Crippen LogP contribution < -0.4 is 16.4 Å². The first kappa shape index (κ1) is 5.94. The van der Waals surface area contributed by atoms with Crippen molar-refractivity contribution in [3.05, 3.63) is 18.2 Å². The molecule has 9 heavy (non-hydrogen) atoms. The van der Waals surface area contributed by atoms with Crippen LogP contribution in [0.5, 0.6) is 0 Å². The summed E-state index contributed by atoms with van der Waals surface area (Å²) in [6.07, 6.45) is 4.29. The van der Waals surface area contributed by atoms with Crippen LogP contribution in [0.3, 0.4) is 0 Å². The molecule has 0 atom stereocenters. The molecule has 1 aromatic heterocycles. The molecule has 0 saturated heterocycles. The molecule has 0 unspecified atom stereocenters. The number of aromatic nitrogens is 2. The average molecular weight is 127 g/mol. The fourth-order valence-electron chi connectivity index (χ4n) is 0.814. The predicted octanol–water partition coefficient (Wildman–Crippen LogP) is -1.23. The number of nitrogens with zero attached hydrogens (tertiary/aromatic N) is 2. The Bertz CT molecular complexity index is 183. The third-order valence-corrected chi connectivity index (χ3v) is 1.30. The molecular formula is C5H11N4+. The summed E-state index contributed by atoms with van der Waals surface area (Å²) < 4.78 is 3.03. The van der Waals surface area contributed by atoms with Crippen molar-refractivity contribution < 1.29 is 4.68 Å². The first-order valence-corrected chi connectivity index (χ1v) is 2.87. The van der Waals surface area contributed by atoms with E-state index in [1.54, 1.807) is 12.4 Å². The van der Waals surface area contributed by atoms with Crippen molar-refractivity contribution in [2.45, 2.75) is 13.3 Å². The molecule has 1 heterocycles. The van der Waals surface area contributed by atoms with Crippen molar-refractivity contribution in [3.8, 4) is 0 Å². The highest BCUT2D eigenvalue weighted by molar-refractivity contribution is 4.81. The third-order valence-electron chi connectivity index (χ3n) is 1.30. The van der Waals surface area contributed by atoms with Gasteiger partial charge in [0.25, 0.3) is 0 Å². The van der Waals surface area contributed by atoms with Gasteiger partial charge in [-0.2, -0.15) is 0 Å². The topological polar surface area (TPSA) is 60.8 Å². The Morgan fingerprint density at radius 1 is 1.78 bits per heavy atom. The fourth-order valence-corrected chi connectivity index (χ4v) is 0.814. The molecular weight excluding hydrogens is 116 g/mol. The zero-order chi connectivity index (χ0) is 6.85. The Kier molecular flexibility index (Phi) is 1.30. The molecule has 0 aliphatic rings. The normalized spacial score (nSPS) is 9.89. The minimum Gasteiger partial charge on any atom is -0.269 e. The van der Waals surface area contributed by atoms with Gasteiger partial charge in [0.05, 0.1) is 6.42 Å². The van der Waals surface area contributed by atoms with Crippen LogP contribution in [0, 0.1) is 0 Å². The smallest absolute Gasteiger partial charge is 0.269 e. The number of nitrogens with two attached hydrogens (primary N) is 2. The van der Waals surface area contributed by atoms with E-state index in [1.165, 1.54) is 9.35 Å². The first-order valence-electron chi connectivity index (χ1n) is 2.87. The van der Waals surface area contributed by atoms with Crippen LogP contribution in [0.25, 0.3) is 0 Å². The average Bonchev–Trinajstić information content (AvgIpc) is 2.12. The van der Waals surface area contributed by atoms with Crippen molar-refractivity contribution >= 4 is 0 Å². The Labute approximate surface area is 53.6 Å². The van der Waals surface area contributed by atoms with Gasteiger partial charge in [-0.3, -0.25) is 11.7 Å². The monoisotopic (exact) mass is 127 g/mol. The Morgan fingerprint density at radius 3 is 2.67 bits per heavy atom. The molecule has 1 rings (SSSR count). The second-order valence-electron chi connectivity index (χ2n) is 1.88. The molecule has 0 aliphatic carbocycles. The summed E-state index contributed by atoms with van der Waals surface area (Å²) >= 11 is 0. The molecule has 1 aromatic rings. The third kappa shape index (κ3) is 0.826. The standard InChI is InChI=1S/C5H11N4/c1-2-5-8(6)3-4-9(5)7/h3-4H,2,6-7H2,1H3/q+1. The van der Waals surface area contributed by atoms with E-state index in [9.17, 15) is 0 Å². The minimum atomic E-state index is 0.847. The molecule has 0 spiro atoms. The number of rotatable bonds is 1. The van der Waals surface area contributed by atoms with Crippen LogP contribution in [0.4, 0.5) is 0 Å². The van der Waals surface area contributed by atoms with Gasteiger partial charge in [0.1, 0.15) is 0 Å². The molecule has 4 N–H and O–H groups in total. The molecule has 4 heteroatoms. The maximum atomic E-state index is 5.47. The zero-order valence-corrected chi connectivity index (χ0v) is 5.41. The lowest BCUT2D eigenvalue weighted by atomic mass is 10.5. The van der Waals surface area contributed by atoms with Crippen LogP contribution in [0.15, 0.2) is 12.4 Å². The first-order chi connectivity index (χ1) is 4.25. The number of hydrogen-bond acceptors (Lipinski definition) is 2. The van der Waals surface area contributed by atoms with E-state index in [4.69, 9.17) is 11.7 Å². The fraction of sp³-hybridized carbons (Fsp3) is 0.400. The molecule has 50 valence electrons. The summed E-state index contributed by atoms with van der Waals surface area (Å²) in [5.74, 6) is 11.8. The summed E-state index contributed by atoms with van der Waals surface area (Å²) in [7, 11) is 0. The molecule has 4 nitrogen and oxygen atoms in total. The Balaban J connectivity index is 3.07. The number of hydrogen-bond donors (Lipinski definition) is 2. The quantitative estimate of drug-likeness (QED) is 0.366. The zero-order valence-electron chi connectivity index (χ0n) is 5.41. The largest absolute Gasteiger partial charge is 0.302 e. The molecule has 0 amide bonds. The van der Waals surface area contributed by atoms with Crippen LogP contribution in [-0.4, -0.2) is 4.68 Å². The highest BCUT2D eigenvalue weighted by atomic mass is 15.4. The lowest BCUT2D eigenvalue weighted by Gasteiger charge is -1.89. The summed E-state index contributed by atoms with van der Waals surface area (Å²) in [5.41, 5.74) is 0. The van der Waals surface area contributed by atoms with Gasteiger partial charge in [0, 0.05) is 0 Å². The molecule has 0 radical (unpaired) electrons. The maximum Gasteiger partial charge on any atom is 0.302 e. The SMILES string of the molecule is CCc1n(N)cc[n+]1N. The van der Waals surface area contributed by atoms with E-state index >= 15 is 0 Å². The number of imidazole rings is 1. The molecule has 0 fully saturated rings. The number of nitrogen functional groups attached to an aromatic ring is 2. The van der Waals surface area contributed by atoms with E-state index in [-0.39, 0.29) is 0 Å². The van der Waals surface area contributed by atoms with Crippen LogP contribution >= 0.6 is 0 Å². The Hall–Kier alpha value is -1.19. The highest BCUT2D eigenvalue weighted by Gasteiger charge is 2.08. The van der Waals surface area contributed by atoms with Gasteiger partial charge < -0.3 is 0 Å². The second kappa shape index (κ2) is 1.97. The summed E-state index contributed by atoms with van der Waals surface area (Å²) in [4.78, 5) is 0. The summed E-state index contributed by atoms with van der Waals surface area (Å²) in [6, 6.07) is 0. The molecule has 0 aliphatic heterocycles. The predicted molar refractivity (Wildman–Crippen MR) is 34.3 cm³/mol. The second-order valence-corrected chi connectivity index (χ2v) is 1.88. The van der Waals surface area contributed by atoms with E-state index in [1.807, 2.05) is 6.92 Å². The van der Waals surface area contributed by atoms with Crippen molar-refractivity contribution in [1.82, 2.24) is 4.68 Å². The Morgan fingerprint density at radius 2 is 2.44 bits per heavy atom. The van der Waals surface area contributed by atoms with Gasteiger partial charge in [-0.1, -0.05) is 6.92 Å². The van der Waals surface area contributed by atoms with Crippen molar-refractivity contribution in [3.63, 3.8) is 0 Å². The van der Waals surface area contributed by atoms with Gasteiger partial charge in [-0.25, -0.2) is 0 Å². The van der Waals surface area contributed by atoms with E-state index < -0.39 is 0 Å². The van der Waals surface area contributed by atoms with Crippen molar-refractivity contribution in [2.75, 3.05) is 11.7 Å². The van der Waals surface area contributed by atoms with Gasteiger partial charge >= 0.3 is 5.82 Å². The summed E-state index contributed by atoms with van der Waals surface area (Å²) in [6.45, 7) is 2.00. The van der Waals surface area contributed by atoms with E-state index in [2.05, 4.69) is 0 Å². The molecule has 0 bridgehead atoms. The van der Waals surface area contributed by atoms with Gasteiger partial charge in [-0.15, -0.1) is 9.35 Å². The van der Waals surface area contributed by atoms with Gasteiger partial charge in [0.15, 0.2) is 12.4 Å². The lowest BCUT2D eigenvalue weighted by molar-refractivity contribution is -0.646. The minimum absolute atomic E-state index is 0.847. The molecule has 0 saturated carbocycles. The van der Waals surface area contributed by atoms with E-state index in [0.29, 0.717) is 0 Å². The van der Waals surface area contributed by atoms with E-state index in [0.717, 1.165) is 12.2 Å². The highest BCUT2D eigenvalue weighted by Crippen LogP contribution is 1.86. The molecule has 0 aromatic carbocycles. The van der Waals surface area contributed by atoms with Crippen LogP contribution in [0.2, 0.25) is 0 Å². The summed E-state index contributed by atoms with van der Waals surface area (Å²) in [5, 5.41) is 0. The maximum absolute atomic E-state index is 5.47. The van der Waals surface area contributed by atoms with Crippen molar-refractivity contribution in [1.29, 1.82) is 0 Å². The lowest BCUT2D eigenvalue weighted by Crippen LogP contribution is -2.47. The van der Waals surface area contributed by atoms with Crippen molar-refractivity contribution in [2.24, 2.45) is 0 Å². The van der Waals surface area contributed by atoms with Gasteiger partial charge in [-0.05, 0) is 0 Å². The van der Waals surface area contributed by atoms with Crippen LogP contribution in [0.1, 0.15) is 12.7 Å². The van der Waals surface area contributed by atoms with Crippen LogP contribution in [-0.2, 0) is 6.42 Å².